The maximum atomic E-state index is 13.2. The third-order valence-electron chi connectivity index (χ3n) is 6.62. The minimum Gasteiger partial charge on any atom is -0.469 e. The second-order valence-corrected chi connectivity index (χ2v) is 7.95. The van der Waals surface area contributed by atoms with E-state index in [1.807, 2.05) is 0 Å². The summed E-state index contributed by atoms with van der Waals surface area (Å²) in [4.78, 5) is 52.4. The Kier molecular flexibility index (Phi) is 6.71. The minimum atomic E-state index is -1.17. The molecule has 0 radical (unpaired) electrons. The van der Waals surface area contributed by atoms with Gasteiger partial charge in [0.05, 0.1) is 46.9 Å². The van der Waals surface area contributed by atoms with Gasteiger partial charge in [-0.15, -0.1) is 0 Å². The van der Waals surface area contributed by atoms with Crippen molar-refractivity contribution >= 4 is 23.9 Å². The van der Waals surface area contributed by atoms with Crippen LogP contribution in [0.25, 0.3) is 0 Å². The first-order valence-corrected chi connectivity index (χ1v) is 10.4. The molecule has 170 valence electrons. The first-order chi connectivity index (χ1) is 14.8. The normalized spacial score (nSPS) is 26.1. The molecule has 1 saturated heterocycles. The summed E-state index contributed by atoms with van der Waals surface area (Å²) in [5.41, 5.74) is 1.28. The molecule has 3 aliphatic rings. The second-order valence-electron chi connectivity index (χ2n) is 7.95. The molecule has 2 unspecified atom stereocenters. The van der Waals surface area contributed by atoms with Crippen molar-refractivity contribution in [1.29, 1.82) is 0 Å². The topological polar surface area (TPSA) is 108 Å². The van der Waals surface area contributed by atoms with E-state index in [9.17, 15) is 19.2 Å². The quantitative estimate of drug-likeness (QED) is 0.349. The van der Waals surface area contributed by atoms with Crippen LogP contribution in [0.4, 0.5) is 0 Å². The summed E-state index contributed by atoms with van der Waals surface area (Å²) in [5.74, 6) is -2.13. The van der Waals surface area contributed by atoms with Crippen LogP contribution in [0.5, 0.6) is 0 Å². The van der Waals surface area contributed by atoms with Crippen LogP contribution in [0.3, 0.4) is 0 Å². The lowest BCUT2D eigenvalue weighted by molar-refractivity contribution is -0.159. The average Bonchev–Trinajstić information content (AvgIpc) is 3.37. The van der Waals surface area contributed by atoms with Gasteiger partial charge in [0.2, 0.25) is 0 Å². The van der Waals surface area contributed by atoms with Crippen LogP contribution >= 0.6 is 0 Å². The zero-order valence-corrected chi connectivity index (χ0v) is 18.4. The number of ether oxygens (including phenoxy) is 4. The highest BCUT2D eigenvalue weighted by atomic mass is 16.5. The molecular formula is C22H29NO8. The monoisotopic (exact) mass is 435 g/mol. The lowest BCUT2D eigenvalue weighted by atomic mass is 9.69. The summed E-state index contributed by atoms with van der Waals surface area (Å²) >= 11 is 0. The Hall–Kier alpha value is -2.84. The molecule has 3 rings (SSSR count). The van der Waals surface area contributed by atoms with Gasteiger partial charge in [0.1, 0.15) is 5.41 Å². The Labute approximate surface area is 181 Å². The van der Waals surface area contributed by atoms with E-state index in [0.717, 1.165) is 17.7 Å². The van der Waals surface area contributed by atoms with Gasteiger partial charge in [0.25, 0.3) is 0 Å². The van der Waals surface area contributed by atoms with E-state index in [1.165, 1.54) is 28.4 Å². The van der Waals surface area contributed by atoms with Crippen molar-refractivity contribution < 1.29 is 38.1 Å². The van der Waals surface area contributed by atoms with Gasteiger partial charge in [-0.3, -0.25) is 14.4 Å². The lowest BCUT2D eigenvalue weighted by Gasteiger charge is -2.34. The van der Waals surface area contributed by atoms with Gasteiger partial charge < -0.3 is 23.8 Å². The van der Waals surface area contributed by atoms with Crippen molar-refractivity contribution in [1.82, 2.24) is 4.90 Å². The Morgan fingerprint density at radius 3 is 2.26 bits per heavy atom. The third kappa shape index (κ3) is 3.70. The number of nitrogens with zero attached hydrogens (tertiary/aromatic N) is 1. The molecule has 0 saturated carbocycles. The number of methoxy groups -OCH3 is 4. The highest BCUT2D eigenvalue weighted by molar-refractivity contribution is 5.96. The molecular weight excluding hydrogens is 406 g/mol. The molecule has 0 amide bonds. The van der Waals surface area contributed by atoms with Crippen LogP contribution in [0.15, 0.2) is 22.4 Å². The highest BCUT2D eigenvalue weighted by Crippen LogP contribution is 2.57. The summed E-state index contributed by atoms with van der Waals surface area (Å²) in [7, 11) is 5.14. The van der Waals surface area contributed by atoms with Crippen molar-refractivity contribution in [2.75, 3.05) is 35.0 Å². The molecule has 9 heteroatoms. The summed E-state index contributed by atoms with van der Waals surface area (Å²) in [5, 5.41) is 0. The smallest absolute Gasteiger partial charge is 0.334 e. The van der Waals surface area contributed by atoms with Crippen molar-refractivity contribution in [3.05, 3.63) is 22.4 Å². The van der Waals surface area contributed by atoms with E-state index in [4.69, 9.17) is 18.9 Å². The zero-order valence-electron chi connectivity index (χ0n) is 18.4. The summed E-state index contributed by atoms with van der Waals surface area (Å²) in [6, 6.07) is -0.269. The molecule has 1 aliphatic carbocycles. The highest BCUT2D eigenvalue weighted by Gasteiger charge is 2.61. The van der Waals surface area contributed by atoms with Crippen LogP contribution < -0.4 is 0 Å². The van der Waals surface area contributed by atoms with Crippen LogP contribution in [-0.2, 0) is 38.1 Å². The van der Waals surface area contributed by atoms with Gasteiger partial charge in [-0.25, -0.2) is 4.79 Å². The molecule has 31 heavy (non-hydrogen) atoms. The van der Waals surface area contributed by atoms with E-state index < -0.39 is 29.3 Å². The summed E-state index contributed by atoms with van der Waals surface area (Å²) in [6.07, 6.45) is 2.99. The molecule has 0 bridgehead atoms. The van der Waals surface area contributed by atoms with Crippen LogP contribution in [0, 0.1) is 5.41 Å². The Morgan fingerprint density at radius 1 is 0.935 bits per heavy atom. The minimum absolute atomic E-state index is 0.131. The molecule has 0 aromatic carbocycles. The predicted octanol–water partition coefficient (Wildman–Crippen LogP) is 1.66. The second kappa shape index (κ2) is 9.11. The van der Waals surface area contributed by atoms with Crippen molar-refractivity contribution in [2.45, 2.75) is 51.0 Å². The molecule has 0 aromatic heterocycles. The Morgan fingerprint density at radius 2 is 1.65 bits per heavy atom. The number of fused-ring (bicyclic) bond motifs is 2. The number of allylic oxidation sites excluding steroid dienone is 1. The number of hydrogen-bond donors (Lipinski definition) is 0. The first-order valence-electron chi connectivity index (χ1n) is 10.4. The maximum Gasteiger partial charge on any atom is 0.334 e. The molecule has 2 heterocycles. The predicted molar refractivity (Wildman–Crippen MR) is 107 cm³/mol. The maximum absolute atomic E-state index is 13.2. The van der Waals surface area contributed by atoms with Gasteiger partial charge in [0.15, 0.2) is 0 Å². The van der Waals surface area contributed by atoms with E-state index in [0.29, 0.717) is 37.8 Å². The van der Waals surface area contributed by atoms with Crippen molar-refractivity contribution in [3.8, 4) is 0 Å². The molecule has 9 nitrogen and oxygen atoms in total. The van der Waals surface area contributed by atoms with Gasteiger partial charge in [-0.05, 0) is 43.3 Å². The standard InChI is InChI=1S/C22H29NO8/c1-28-17(24)11-14(20(26)30-3)13-7-5-8-15-19(13)23-10-6-9-16(23)22(15,21(27)31-4)12-18(25)29-2/h16H,5-12H2,1-4H3/b14-13-. The number of esters is 4. The van der Waals surface area contributed by atoms with Crippen LogP contribution in [0.2, 0.25) is 0 Å². The molecule has 2 aliphatic heterocycles. The molecule has 1 fully saturated rings. The average molecular weight is 435 g/mol. The van der Waals surface area contributed by atoms with E-state index in [-0.39, 0.29) is 24.5 Å². The fourth-order valence-corrected chi connectivity index (χ4v) is 5.36. The third-order valence-corrected chi connectivity index (χ3v) is 6.62. The van der Waals surface area contributed by atoms with E-state index >= 15 is 0 Å². The largest absolute Gasteiger partial charge is 0.469 e. The molecule has 0 aromatic rings. The number of carbonyl (C=O) groups is 4. The SMILES string of the molecule is COC(=O)C/C(C(=O)OC)=C1\CCCC2=C1N1CCCC1C2(CC(=O)OC)C(=O)OC. The van der Waals surface area contributed by atoms with E-state index in [1.54, 1.807) is 0 Å². The van der Waals surface area contributed by atoms with Gasteiger partial charge in [-0.1, -0.05) is 0 Å². The van der Waals surface area contributed by atoms with Gasteiger partial charge >= 0.3 is 23.9 Å². The fourth-order valence-electron chi connectivity index (χ4n) is 5.36. The van der Waals surface area contributed by atoms with Gasteiger partial charge in [-0.2, -0.15) is 0 Å². The van der Waals surface area contributed by atoms with Gasteiger partial charge in [0, 0.05) is 18.3 Å². The zero-order chi connectivity index (χ0) is 22.8. The van der Waals surface area contributed by atoms with Crippen molar-refractivity contribution in [3.63, 3.8) is 0 Å². The van der Waals surface area contributed by atoms with Crippen LogP contribution in [-0.4, -0.2) is 69.8 Å². The molecule has 2 atom stereocenters. The number of carbonyl (C=O) groups excluding carboxylic acids is 4. The Balaban J connectivity index is 2.25. The molecule has 0 N–H and O–H groups in total. The Bertz CT molecular complexity index is 858. The number of rotatable bonds is 6. The summed E-state index contributed by atoms with van der Waals surface area (Å²) in [6.45, 7) is 0.680. The summed E-state index contributed by atoms with van der Waals surface area (Å²) < 4.78 is 19.9. The fraction of sp³-hybridized carbons (Fsp3) is 0.636. The number of hydrogen-bond acceptors (Lipinski definition) is 9. The van der Waals surface area contributed by atoms with Crippen molar-refractivity contribution in [2.24, 2.45) is 5.41 Å². The van der Waals surface area contributed by atoms with E-state index in [2.05, 4.69) is 4.90 Å². The molecule has 0 spiro atoms. The van der Waals surface area contributed by atoms with Crippen LogP contribution in [0.1, 0.15) is 44.9 Å². The first kappa shape index (κ1) is 22.8. The lowest BCUT2D eigenvalue weighted by Crippen LogP contribution is -2.46.